The second-order valence-corrected chi connectivity index (χ2v) is 10.6. The first-order chi connectivity index (χ1) is 17.2. The summed E-state index contributed by atoms with van der Waals surface area (Å²) in [5.74, 6) is -0.316. The van der Waals surface area contributed by atoms with Crippen LogP contribution in [-0.2, 0) is 16.1 Å². The normalized spacial score (nSPS) is 14.4. The number of benzene rings is 3. The predicted octanol–water partition coefficient (Wildman–Crippen LogP) is 6.97. The quantitative estimate of drug-likeness (QED) is 0.303. The number of thioether (sulfide) groups is 1. The summed E-state index contributed by atoms with van der Waals surface area (Å²) in [7, 11) is 0. The Kier molecular flexibility index (Phi) is 8.18. The Morgan fingerprint density at radius 1 is 1.08 bits per heavy atom. The Hall–Kier alpha value is -3.07. The van der Waals surface area contributed by atoms with Crippen LogP contribution in [0.15, 0.2) is 70.0 Å². The number of nitrogens with one attached hydrogen (secondary N) is 1. The largest absolute Gasteiger partial charge is 0.482 e. The molecule has 3 aromatic carbocycles. The highest BCUT2D eigenvalue weighted by Crippen LogP contribution is 2.34. The Morgan fingerprint density at radius 2 is 1.83 bits per heavy atom. The number of hydrogen-bond acceptors (Lipinski definition) is 5. The first-order valence-corrected chi connectivity index (χ1v) is 13.0. The molecule has 3 amide bonds. The molecule has 1 fully saturated rings. The molecule has 36 heavy (non-hydrogen) atoms. The molecule has 1 N–H and O–H groups in total. The highest BCUT2D eigenvalue weighted by Gasteiger charge is 2.35. The van der Waals surface area contributed by atoms with Crippen molar-refractivity contribution in [3.05, 3.63) is 97.3 Å². The number of aryl methyl sites for hydroxylation is 2. The van der Waals surface area contributed by atoms with E-state index in [0.29, 0.717) is 16.2 Å². The van der Waals surface area contributed by atoms with E-state index in [0.717, 1.165) is 38.6 Å². The third-order valence-corrected chi connectivity index (χ3v) is 7.14. The van der Waals surface area contributed by atoms with Crippen molar-refractivity contribution in [2.24, 2.45) is 0 Å². The summed E-state index contributed by atoms with van der Waals surface area (Å²) < 4.78 is 6.52. The van der Waals surface area contributed by atoms with E-state index in [-0.39, 0.29) is 35.2 Å². The summed E-state index contributed by atoms with van der Waals surface area (Å²) in [5.41, 5.74) is 4.23. The fourth-order valence-electron chi connectivity index (χ4n) is 3.48. The number of ether oxygens (including phenoxy) is 1. The lowest BCUT2D eigenvalue weighted by atomic mass is 10.1. The lowest BCUT2D eigenvalue weighted by Crippen LogP contribution is -2.27. The highest BCUT2D eigenvalue weighted by atomic mass is 79.9. The molecule has 9 heteroatoms. The predicted molar refractivity (Wildman–Crippen MR) is 147 cm³/mol. The van der Waals surface area contributed by atoms with Gasteiger partial charge in [0.05, 0.1) is 16.5 Å². The van der Waals surface area contributed by atoms with Crippen molar-refractivity contribution in [2.75, 3.05) is 11.9 Å². The van der Waals surface area contributed by atoms with Gasteiger partial charge in [0.25, 0.3) is 17.1 Å². The van der Waals surface area contributed by atoms with E-state index >= 15 is 0 Å². The molecule has 0 saturated carbocycles. The molecule has 1 aliphatic heterocycles. The van der Waals surface area contributed by atoms with Crippen molar-refractivity contribution in [3.63, 3.8) is 0 Å². The van der Waals surface area contributed by atoms with Crippen molar-refractivity contribution < 1.29 is 19.1 Å². The Morgan fingerprint density at radius 3 is 2.56 bits per heavy atom. The lowest BCUT2D eigenvalue weighted by molar-refractivity contribution is -0.123. The minimum atomic E-state index is -0.354. The Balaban J connectivity index is 1.38. The molecule has 6 nitrogen and oxygen atoms in total. The van der Waals surface area contributed by atoms with E-state index in [4.69, 9.17) is 16.3 Å². The first-order valence-electron chi connectivity index (χ1n) is 11.0. The van der Waals surface area contributed by atoms with Gasteiger partial charge in [0.1, 0.15) is 5.75 Å². The molecular formula is C27H22BrClN2O4S. The van der Waals surface area contributed by atoms with Gasteiger partial charge in [0.2, 0.25) is 0 Å². The number of rotatable bonds is 7. The van der Waals surface area contributed by atoms with Gasteiger partial charge in [0, 0.05) is 10.2 Å². The van der Waals surface area contributed by atoms with E-state index in [1.54, 1.807) is 24.3 Å². The molecule has 1 aliphatic rings. The van der Waals surface area contributed by atoms with Crippen LogP contribution in [0.2, 0.25) is 5.02 Å². The maximum atomic E-state index is 12.8. The van der Waals surface area contributed by atoms with Crippen molar-refractivity contribution in [2.45, 2.75) is 20.4 Å². The number of nitrogens with zero attached hydrogens (tertiary/aromatic N) is 1. The monoisotopic (exact) mass is 584 g/mol. The summed E-state index contributed by atoms with van der Waals surface area (Å²) >= 11 is 10.6. The van der Waals surface area contributed by atoms with Crippen molar-refractivity contribution in [1.82, 2.24) is 4.90 Å². The fourth-order valence-corrected chi connectivity index (χ4v) is 4.83. The van der Waals surface area contributed by atoms with E-state index in [2.05, 4.69) is 21.2 Å². The maximum Gasteiger partial charge on any atom is 0.293 e. The number of halogens is 2. The maximum absolute atomic E-state index is 12.8. The van der Waals surface area contributed by atoms with Crippen LogP contribution in [0, 0.1) is 13.8 Å². The summed E-state index contributed by atoms with van der Waals surface area (Å²) in [6.45, 7) is 3.87. The summed E-state index contributed by atoms with van der Waals surface area (Å²) in [6, 6.07) is 18.2. The van der Waals surface area contributed by atoms with Crippen LogP contribution in [-0.4, -0.2) is 28.6 Å². The van der Waals surface area contributed by atoms with Crippen LogP contribution in [0.25, 0.3) is 6.08 Å². The van der Waals surface area contributed by atoms with Crippen LogP contribution >= 0.6 is 39.3 Å². The molecule has 0 aliphatic carbocycles. The van der Waals surface area contributed by atoms with Gasteiger partial charge >= 0.3 is 0 Å². The van der Waals surface area contributed by atoms with Crippen LogP contribution in [0.3, 0.4) is 0 Å². The van der Waals surface area contributed by atoms with Crippen LogP contribution < -0.4 is 10.1 Å². The molecule has 0 radical (unpaired) electrons. The van der Waals surface area contributed by atoms with E-state index in [9.17, 15) is 14.4 Å². The van der Waals surface area contributed by atoms with Crippen LogP contribution in [0.4, 0.5) is 10.5 Å². The SMILES string of the molecule is Cc1ccc(C)c(NC(=O)COc2ccc(/C=C3\SC(=O)N(Cc4ccc(Br)cc4)C3=O)cc2Cl)c1. The molecule has 0 spiro atoms. The van der Waals surface area contributed by atoms with Gasteiger partial charge in [-0.05, 0) is 84.3 Å². The zero-order valence-electron chi connectivity index (χ0n) is 19.5. The zero-order chi connectivity index (χ0) is 25.8. The number of carbonyl (C=O) groups is 3. The molecule has 3 aromatic rings. The molecule has 0 bridgehead atoms. The molecule has 0 atom stereocenters. The van der Waals surface area contributed by atoms with Gasteiger partial charge in [-0.3, -0.25) is 19.3 Å². The van der Waals surface area contributed by atoms with Gasteiger partial charge in [-0.15, -0.1) is 0 Å². The average Bonchev–Trinajstić information content (AvgIpc) is 3.09. The summed E-state index contributed by atoms with van der Waals surface area (Å²) in [6.07, 6.45) is 1.62. The number of carbonyl (C=O) groups excluding carboxylic acids is 3. The molecule has 0 unspecified atom stereocenters. The molecular weight excluding hydrogens is 564 g/mol. The van der Waals surface area contributed by atoms with Crippen LogP contribution in [0.1, 0.15) is 22.3 Å². The first kappa shape index (κ1) is 26.0. The van der Waals surface area contributed by atoms with Gasteiger partial charge in [-0.1, -0.05) is 57.9 Å². The van der Waals surface area contributed by atoms with E-state index in [1.165, 1.54) is 4.90 Å². The van der Waals surface area contributed by atoms with Crippen LogP contribution in [0.5, 0.6) is 5.75 Å². The molecule has 1 saturated heterocycles. The van der Waals surface area contributed by atoms with Crippen molar-refractivity contribution in [1.29, 1.82) is 0 Å². The lowest BCUT2D eigenvalue weighted by Gasteiger charge is -2.12. The summed E-state index contributed by atoms with van der Waals surface area (Å²) in [5, 5.41) is 2.80. The Labute approximate surface area is 226 Å². The van der Waals surface area contributed by atoms with Gasteiger partial charge in [-0.25, -0.2) is 0 Å². The minimum absolute atomic E-state index is 0.201. The number of anilines is 1. The van der Waals surface area contributed by atoms with Gasteiger partial charge in [-0.2, -0.15) is 0 Å². The zero-order valence-corrected chi connectivity index (χ0v) is 22.7. The topological polar surface area (TPSA) is 75.7 Å². The van der Waals surface area contributed by atoms with Gasteiger partial charge in [0.15, 0.2) is 6.61 Å². The third-order valence-electron chi connectivity index (χ3n) is 5.41. The average molecular weight is 586 g/mol. The van der Waals surface area contributed by atoms with E-state index in [1.807, 2.05) is 56.3 Å². The molecule has 184 valence electrons. The van der Waals surface area contributed by atoms with E-state index < -0.39 is 0 Å². The fraction of sp³-hybridized carbons (Fsp3) is 0.148. The number of hydrogen-bond donors (Lipinski definition) is 1. The molecule has 1 heterocycles. The number of amides is 3. The number of imide groups is 1. The minimum Gasteiger partial charge on any atom is -0.482 e. The van der Waals surface area contributed by atoms with Gasteiger partial charge < -0.3 is 10.1 Å². The summed E-state index contributed by atoms with van der Waals surface area (Å²) in [4.78, 5) is 39.1. The molecule has 0 aromatic heterocycles. The highest BCUT2D eigenvalue weighted by molar-refractivity contribution is 9.10. The van der Waals surface area contributed by atoms with Crippen molar-refractivity contribution >= 4 is 68.1 Å². The molecule has 4 rings (SSSR count). The van der Waals surface area contributed by atoms with Crippen molar-refractivity contribution in [3.8, 4) is 5.75 Å². The Bertz CT molecular complexity index is 1370. The smallest absolute Gasteiger partial charge is 0.293 e. The standard InChI is InChI=1S/C27H22BrClN2O4S/c1-16-3-4-17(2)22(11-16)30-25(32)15-35-23-10-7-19(12-21(23)29)13-24-26(33)31(27(34)36-24)14-18-5-8-20(28)9-6-18/h3-13H,14-15H2,1-2H3,(H,30,32)/b24-13-. The second kappa shape index (κ2) is 11.3. The third kappa shape index (κ3) is 6.37. The second-order valence-electron chi connectivity index (χ2n) is 8.24.